The predicted octanol–water partition coefficient (Wildman–Crippen LogP) is 3.25. The van der Waals surface area contributed by atoms with Crippen molar-refractivity contribution in [3.63, 3.8) is 0 Å². The fourth-order valence-electron chi connectivity index (χ4n) is 3.57. The van der Waals surface area contributed by atoms with E-state index in [1.807, 2.05) is 20.9 Å². The van der Waals surface area contributed by atoms with Crippen molar-refractivity contribution in [3.05, 3.63) is 52.3 Å². The Morgan fingerprint density at radius 2 is 2.16 bits per heavy atom. The standard InChI is InChI=1S/C20H27N3O2/c1-14-19(15(2)23(3)22-14)20(24)21-12-7-13-25-18-11-6-9-16-8-4-5-10-17(16)18/h4-5,8,10,18H,6-7,9,11-13H2,1-3H3,(H,21,24)/t18-/m1/s1. The quantitative estimate of drug-likeness (QED) is 0.821. The molecule has 0 unspecified atom stereocenters. The fourth-order valence-corrected chi connectivity index (χ4v) is 3.57. The highest BCUT2D eigenvalue weighted by Crippen LogP contribution is 2.32. The van der Waals surface area contributed by atoms with E-state index in [1.54, 1.807) is 4.68 Å². The number of aryl methyl sites for hydroxylation is 3. The van der Waals surface area contributed by atoms with E-state index < -0.39 is 0 Å². The number of hydrogen-bond acceptors (Lipinski definition) is 3. The first-order valence-electron chi connectivity index (χ1n) is 9.05. The number of fused-ring (bicyclic) bond motifs is 1. The molecule has 2 aromatic rings. The van der Waals surface area contributed by atoms with Crippen LogP contribution in [0.15, 0.2) is 24.3 Å². The molecular weight excluding hydrogens is 314 g/mol. The van der Waals surface area contributed by atoms with Gasteiger partial charge in [-0.1, -0.05) is 24.3 Å². The lowest BCUT2D eigenvalue weighted by Crippen LogP contribution is -2.26. The minimum atomic E-state index is -0.0499. The lowest BCUT2D eigenvalue weighted by Gasteiger charge is -2.25. The normalized spacial score (nSPS) is 16.5. The highest BCUT2D eigenvalue weighted by Gasteiger charge is 2.20. The van der Waals surface area contributed by atoms with Crippen LogP contribution in [0.25, 0.3) is 0 Å². The predicted molar refractivity (Wildman–Crippen MR) is 97.7 cm³/mol. The second kappa shape index (κ2) is 7.83. The van der Waals surface area contributed by atoms with Crippen LogP contribution in [0.4, 0.5) is 0 Å². The first-order chi connectivity index (χ1) is 12.1. The lowest BCUT2D eigenvalue weighted by molar-refractivity contribution is 0.0393. The molecule has 0 bridgehead atoms. The number of rotatable bonds is 6. The van der Waals surface area contributed by atoms with Crippen molar-refractivity contribution in [1.29, 1.82) is 0 Å². The Morgan fingerprint density at radius 3 is 2.92 bits per heavy atom. The van der Waals surface area contributed by atoms with Gasteiger partial charge in [-0.05, 0) is 50.7 Å². The van der Waals surface area contributed by atoms with Gasteiger partial charge in [-0.2, -0.15) is 5.10 Å². The van der Waals surface area contributed by atoms with E-state index in [-0.39, 0.29) is 12.0 Å². The number of carbonyl (C=O) groups excluding carboxylic acids is 1. The van der Waals surface area contributed by atoms with Gasteiger partial charge in [-0.15, -0.1) is 0 Å². The van der Waals surface area contributed by atoms with E-state index in [1.165, 1.54) is 17.5 Å². The third-order valence-electron chi connectivity index (χ3n) is 4.98. The summed E-state index contributed by atoms with van der Waals surface area (Å²) in [7, 11) is 1.86. The van der Waals surface area contributed by atoms with Gasteiger partial charge in [0.05, 0.1) is 17.4 Å². The summed E-state index contributed by atoms with van der Waals surface area (Å²) in [5.74, 6) is -0.0499. The van der Waals surface area contributed by atoms with Gasteiger partial charge in [0.2, 0.25) is 0 Å². The number of ether oxygens (including phenoxy) is 1. The van der Waals surface area contributed by atoms with E-state index in [0.717, 1.165) is 30.7 Å². The molecule has 1 atom stereocenters. The average molecular weight is 341 g/mol. The zero-order valence-electron chi connectivity index (χ0n) is 15.3. The molecule has 3 rings (SSSR count). The van der Waals surface area contributed by atoms with Crippen LogP contribution >= 0.6 is 0 Å². The molecule has 5 heteroatoms. The summed E-state index contributed by atoms with van der Waals surface area (Å²) in [6.07, 6.45) is 4.41. The zero-order valence-corrected chi connectivity index (χ0v) is 15.3. The van der Waals surface area contributed by atoms with Gasteiger partial charge in [0, 0.05) is 25.9 Å². The average Bonchev–Trinajstić information content (AvgIpc) is 2.86. The van der Waals surface area contributed by atoms with E-state index in [9.17, 15) is 4.79 Å². The first-order valence-corrected chi connectivity index (χ1v) is 9.05. The molecule has 1 aliphatic carbocycles. The van der Waals surface area contributed by atoms with Crippen LogP contribution in [-0.4, -0.2) is 28.8 Å². The lowest BCUT2D eigenvalue weighted by atomic mass is 9.89. The topological polar surface area (TPSA) is 56.2 Å². The van der Waals surface area contributed by atoms with Crippen molar-refractivity contribution in [2.45, 2.75) is 45.6 Å². The molecule has 0 saturated carbocycles. The molecule has 134 valence electrons. The Kier molecular flexibility index (Phi) is 5.53. The highest BCUT2D eigenvalue weighted by molar-refractivity contribution is 5.96. The summed E-state index contributed by atoms with van der Waals surface area (Å²) in [6.45, 7) is 5.05. The molecule has 5 nitrogen and oxygen atoms in total. The Hall–Kier alpha value is -2.14. The maximum atomic E-state index is 12.3. The first kappa shape index (κ1) is 17.7. The molecule has 25 heavy (non-hydrogen) atoms. The van der Waals surface area contributed by atoms with Gasteiger partial charge >= 0.3 is 0 Å². The van der Waals surface area contributed by atoms with Crippen molar-refractivity contribution >= 4 is 5.91 Å². The highest BCUT2D eigenvalue weighted by atomic mass is 16.5. The summed E-state index contributed by atoms with van der Waals surface area (Å²) < 4.78 is 7.82. The van der Waals surface area contributed by atoms with Gasteiger partial charge in [-0.25, -0.2) is 0 Å². The van der Waals surface area contributed by atoms with Crippen LogP contribution in [0.2, 0.25) is 0 Å². The Bertz CT molecular complexity index is 751. The summed E-state index contributed by atoms with van der Waals surface area (Å²) in [5.41, 5.74) is 5.09. The molecule has 1 aromatic carbocycles. The van der Waals surface area contributed by atoms with Crippen molar-refractivity contribution in [3.8, 4) is 0 Å². The molecule has 0 fully saturated rings. The van der Waals surface area contributed by atoms with Crippen LogP contribution in [0.1, 0.15) is 58.2 Å². The third kappa shape index (κ3) is 3.93. The third-order valence-corrected chi connectivity index (χ3v) is 4.98. The molecule has 1 heterocycles. The molecule has 1 amide bonds. The molecule has 0 aliphatic heterocycles. The van der Waals surface area contributed by atoms with Crippen molar-refractivity contribution in [2.75, 3.05) is 13.2 Å². The Balaban J connectivity index is 1.45. The minimum Gasteiger partial charge on any atom is -0.373 e. The van der Waals surface area contributed by atoms with Crippen molar-refractivity contribution in [1.82, 2.24) is 15.1 Å². The number of amides is 1. The Labute approximate surface area is 149 Å². The molecule has 1 aliphatic rings. The van der Waals surface area contributed by atoms with E-state index in [0.29, 0.717) is 18.7 Å². The van der Waals surface area contributed by atoms with E-state index in [2.05, 4.69) is 34.7 Å². The van der Waals surface area contributed by atoms with Crippen LogP contribution in [0, 0.1) is 13.8 Å². The molecule has 0 spiro atoms. The van der Waals surface area contributed by atoms with Crippen molar-refractivity contribution in [2.24, 2.45) is 7.05 Å². The van der Waals surface area contributed by atoms with Crippen LogP contribution in [0.3, 0.4) is 0 Å². The monoisotopic (exact) mass is 341 g/mol. The van der Waals surface area contributed by atoms with Gasteiger partial charge in [0.1, 0.15) is 0 Å². The summed E-state index contributed by atoms with van der Waals surface area (Å²) in [5, 5.41) is 7.27. The second-order valence-electron chi connectivity index (χ2n) is 6.73. The smallest absolute Gasteiger partial charge is 0.255 e. The Morgan fingerprint density at radius 1 is 1.36 bits per heavy atom. The summed E-state index contributed by atoms with van der Waals surface area (Å²) in [4.78, 5) is 12.3. The number of nitrogens with one attached hydrogen (secondary N) is 1. The van der Waals surface area contributed by atoms with E-state index in [4.69, 9.17) is 4.74 Å². The maximum absolute atomic E-state index is 12.3. The number of nitrogens with zero attached hydrogens (tertiary/aromatic N) is 2. The second-order valence-corrected chi connectivity index (χ2v) is 6.73. The maximum Gasteiger partial charge on any atom is 0.255 e. The molecule has 0 saturated heterocycles. The number of hydrogen-bond donors (Lipinski definition) is 1. The number of aromatic nitrogens is 2. The number of carbonyl (C=O) groups is 1. The zero-order chi connectivity index (χ0) is 17.8. The van der Waals surface area contributed by atoms with Gasteiger partial charge in [0.15, 0.2) is 0 Å². The van der Waals surface area contributed by atoms with Crippen LogP contribution < -0.4 is 5.32 Å². The largest absolute Gasteiger partial charge is 0.373 e. The van der Waals surface area contributed by atoms with Gasteiger partial charge < -0.3 is 10.1 Å². The van der Waals surface area contributed by atoms with Crippen molar-refractivity contribution < 1.29 is 9.53 Å². The van der Waals surface area contributed by atoms with E-state index >= 15 is 0 Å². The molecule has 1 N–H and O–H groups in total. The molecule has 0 radical (unpaired) electrons. The van der Waals surface area contributed by atoms with Crippen LogP contribution in [-0.2, 0) is 18.2 Å². The summed E-state index contributed by atoms with van der Waals surface area (Å²) >= 11 is 0. The van der Waals surface area contributed by atoms with Crippen LogP contribution in [0.5, 0.6) is 0 Å². The SMILES string of the molecule is Cc1nn(C)c(C)c1C(=O)NCCCO[C@@H]1CCCc2ccccc21. The minimum absolute atomic E-state index is 0.0499. The van der Waals surface area contributed by atoms with Gasteiger partial charge in [0.25, 0.3) is 5.91 Å². The fraction of sp³-hybridized carbons (Fsp3) is 0.500. The van der Waals surface area contributed by atoms with Gasteiger partial charge in [-0.3, -0.25) is 9.48 Å². The summed E-state index contributed by atoms with van der Waals surface area (Å²) in [6, 6.07) is 8.55. The molecular formula is C20H27N3O2. The number of benzene rings is 1. The molecule has 1 aromatic heterocycles.